The van der Waals surface area contributed by atoms with Crippen molar-refractivity contribution < 1.29 is 113 Å². The summed E-state index contributed by atoms with van der Waals surface area (Å²) in [5, 5.41) is 116. The van der Waals surface area contributed by atoms with E-state index in [9.17, 15) is 80.1 Å². The van der Waals surface area contributed by atoms with Gasteiger partial charge in [0.2, 0.25) is 12.0 Å². The summed E-state index contributed by atoms with van der Waals surface area (Å²) in [6.07, 6.45) is -15.0. The number of fused-ring (bicyclic) bond motifs is 1. The van der Waals surface area contributed by atoms with E-state index in [0.29, 0.717) is 5.56 Å². The van der Waals surface area contributed by atoms with Crippen LogP contribution < -0.4 is 14.8 Å². The van der Waals surface area contributed by atoms with Crippen molar-refractivity contribution in [3.63, 3.8) is 0 Å². The molecule has 4 heterocycles. The van der Waals surface area contributed by atoms with Crippen LogP contribution in [0, 0.1) is 0 Å². The highest BCUT2D eigenvalue weighted by Gasteiger charge is 2.54. The predicted octanol–water partition coefficient (Wildman–Crippen LogP) is -2.47. The summed E-state index contributed by atoms with van der Waals surface area (Å²) in [7, 11) is 1.29. The van der Waals surface area contributed by atoms with Gasteiger partial charge in [0, 0.05) is 24.1 Å². The van der Waals surface area contributed by atoms with Gasteiger partial charge < -0.3 is 89.9 Å². The zero-order valence-corrected chi connectivity index (χ0v) is 33.2. The van der Waals surface area contributed by atoms with E-state index in [1.165, 1.54) is 60.4 Å². The smallest absolute Gasteiger partial charge is 0.373 e. The molecule has 6 rings (SSSR count). The second-order valence-corrected chi connectivity index (χ2v) is 14.7. The van der Waals surface area contributed by atoms with E-state index in [1.807, 2.05) is 0 Å². The molecule has 0 aromatic heterocycles. The van der Waals surface area contributed by atoms with Crippen molar-refractivity contribution in [2.75, 3.05) is 13.7 Å². The zero-order valence-electron chi connectivity index (χ0n) is 33.2. The highest BCUT2D eigenvalue weighted by Crippen LogP contribution is 2.41. The number of nitrogens with one attached hydrogen (secondary N) is 1. The number of phenolic OH excluding ortho intramolecular Hbond substituents is 2. The first-order valence-electron chi connectivity index (χ1n) is 19.1. The topological polar surface area (TPSA) is 378 Å². The standard InChI is InChI=1S/C40H42N2O22/c1-59-24-10-15(2-4-22(24)44)3-5-27(46)62-33-31(50)30(49)32(38(57)58)63-40(33)64-34-29(48)28(47)26(14-43)61-39(34)60-25-12-17-11-21(37(55)56)42(20(17)13-23(25)45)7-6-16-8-18(35(51)52)41-19(9-16)36(53)54/h2-8,10,12-13,19,21,26,28-34,39-40,43,47-50H,9,11,14H2,1H3,(H6,44,45,46,51,52,53,54,55,56,57,58)/p+1/t19-,21-,26+,28+,29-,30-,31-,32-,33+,34+,39+,40-/m0/s1. The first kappa shape index (κ1) is 46.9. The quantitative estimate of drug-likeness (QED) is 0.0531. The molecule has 4 aliphatic rings. The Morgan fingerprint density at radius 3 is 2.19 bits per heavy atom. The van der Waals surface area contributed by atoms with E-state index < -0.39 is 127 Å². The Morgan fingerprint density at radius 1 is 0.828 bits per heavy atom. The number of aliphatic hydroxyl groups excluding tert-OH is 5. The summed E-state index contributed by atoms with van der Waals surface area (Å²) in [5.41, 5.74) is 0.490. The van der Waals surface area contributed by atoms with E-state index in [1.54, 1.807) is 0 Å². The number of phenols is 2. The number of rotatable bonds is 14. The molecule has 0 amide bonds. The summed E-state index contributed by atoms with van der Waals surface area (Å²) in [5.74, 6) is -8.35. The Kier molecular flexibility index (Phi) is 14.2. The second kappa shape index (κ2) is 19.4. The number of aliphatic carboxylic acids is 4. The molecule has 12 atom stereocenters. The Labute approximate surface area is 359 Å². The van der Waals surface area contributed by atoms with Crippen molar-refractivity contribution >= 4 is 47.8 Å². The number of carbonyl (C=O) groups excluding carboxylic acids is 1. The summed E-state index contributed by atoms with van der Waals surface area (Å²) in [6.45, 7) is -0.917. The van der Waals surface area contributed by atoms with Crippen LogP contribution in [0.5, 0.6) is 23.0 Å². The third kappa shape index (κ3) is 9.93. The van der Waals surface area contributed by atoms with Gasteiger partial charge in [0.05, 0.1) is 26.2 Å². The van der Waals surface area contributed by atoms with Crippen molar-refractivity contribution in [3.05, 3.63) is 71.0 Å². The van der Waals surface area contributed by atoms with Gasteiger partial charge in [-0.05, 0) is 41.5 Å². The van der Waals surface area contributed by atoms with Gasteiger partial charge >= 0.3 is 29.8 Å². The third-order valence-electron chi connectivity index (χ3n) is 10.6. The SMILES string of the molecule is COc1cc(/C=C/C(=O)O[C@H]2[C@H](O[C@H]3[C@H](Oc4cc5c(cc4O)[N+](=C/C=C4/C=C(C(=O)O)N[C@H](C(=O)O)C4)[C@H](C(=O)O)C5)O[C@H](CO)[C@@H](O)[C@@H]3O)O[C@H](C(=O)O)[C@@H](O)[C@@H]2O)ccc1O. The average molecular weight is 904 g/mol. The van der Waals surface area contributed by atoms with Crippen LogP contribution in [0.3, 0.4) is 0 Å². The van der Waals surface area contributed by atoms with Gasteiger partial charge in [-0.2, -0.15) is 4.58 Å². The Bertz CT molecular complexity index is 2290. The monoisotopic (exact) mass is 903 g/mol. The molecule has 24 nitrogen and oxygen atoms in total. The number of carboxylic acid groups (broad SMARTS) is 4. The molecular weight excluding hydrogens is 860 g/mol. The largest absolute Gasteiger partial charge is 0.504 e. The third-order valence-corrected chi connectivity index (χ3v) is 10.6. The van der Waals surface area contributed by atoms with Gasteiger partial charge in [-0.25, -0.2) is 24.0 Å². The van der Waals surface area contributed by atoms with Gasteiger partial charge in [0.1, 0.15) is 42.3 Å². The fourth-order valence-electron chi connectivity index (χ4n) is 7.28. The molecule has 0 saturated carbocycles. The fourth-order valence-corrected chi connectivity index (χ4v) is 7.28. The van der Waals surface area contributed by atoms with Crippen molar-refractivity contribution in [2.45, 2.75) is 86.3 Å². The van der Waals surface area contributed by atoms with Crippen LogP contribution in [0.15, 0.2) is 59.8 Å². The number of ether oxygens (including phenoxy) is 6. The van der Waals surface area contributed by atoms with Crippen LogP contribution in [-0.2, 0) is 49.3 Å². The van der Waals surface area contributed by atoms with Crippen LogP contribution in [-0.4, -0.2) is 184 Å². The Morgan fingerprint density at radius 2 is 1.55 bits per heavy atom. The lowest BCUT2D eigenvalue weighted by molar-refractivity contribution is -0.456. The molecule has 2 saturated heterocycles. The van der Waals surface area contributed by atoms with E-state index in [4.69, 9.17) is 28.4 Å². The number of aromatic hydroxyl groups is 2. The number of nitrogens with zero attached hydrogens (tertiary/aromatic N) is 1. The highest BCUT2D eigenvalue weighted by molar-refractivity contribution is 5.90. The first-order chi connectivity index (χ1) is 30.3. The van der Waals surface area contributed by atoms with Gasteiger partial charge in [-0.3, -0.25) is 0 Å². The molecular formula is C40H43N2O22+. The number of benzene rings is 2. The minimum absolute atomic E-state index is 0.0630. The van der Waals surface area contributed by atoms with E-state index in [2.05, 4.69) is 5.32 Å². The first-order valence-corrected chi connectivity index (χ1v) is 19.1. The molecule has 344 valence electrons. The molecule has 2 fully saturated rings. The number of allylic oxidation sites excluding steroid dienone is 2. The molecule has 12 N–H and O–H groups in total. The molecule has 0 unspecified atom stereocenters. The number of hydrogen-bond acceptors (Lipinski definition) is 19. The molecule has 0 bridgehead atoms. The fraction of sp³-hybridized carbons (Fsp3) is 0.400. The maximum absolute atomic E-state index is 13.0. The summed E-state index contributed by atoms with van der Waals surface area (Å²) < 4.78 is 34.4. The maximum atomic E-state index is 13.0. The van der Waals surface area contributed by atoms with Crippen LogP contribution in [0.25, 0.3) is 6.08 Å². The Hall–Kier alpha value is -6.64. The predicted molar refractivity (Wildman–Crippen MR) is 207 cm³/mol. The second-order valence-electron chi connectivity index (χ2n) is 14.7. The van der Waals surface area contributed by atoms with E-state index in [-0.39, 0.29) is 41.2 Å². The number of hydrogen-bond donors (Lipinski definition) is 12. The molecule has 2 aromatic carbocycles. The number of esters is 1. The molecule has 0 spiro atoms. The van der Waals surface area contributed by atoms with Crippen LogP contribution >= 0.6 is 0 Å². The van der Waals surface area contributed by atoms with Crippen LogP contribution in [0.1, 0.15) is 17.5 Å². The average Bonchev–Trinajstić information content (AvgIpc) is 3.61. The molecule has 2 aromatic rings. The minimum atomic E-state index is -2.22. The minimum Gasteiger partial charge on any atom is -0.504 e. The summed E-state index contributed by atoms with van der Waals surface area (Å²) in [6, 6.07) is 3.72. The number of aliphatic hydroxyl groups is 5. The lowest BCUT2D eigenvalue weighted by Gasteiger charge is -2.46. The normalized spacial score (nSPS) is 31.4. The zero-order chi connectivity index (χ0) is 46.7. The van der Waals surface area contributed by atoms with Gasteiger partial charge in [0.15, 0.2) is 53.8 Å². The van der Waals surface area contributed by atoms with Crippen molar-refractivity contribution in [3.8, 4) is 23.0 Å². The number of methoxy groups -OCH3 is 1. The van der Waals surface area contributed by atoms with Crippen LogP contribution in [0.2, 0.25) is 0 Å². The summed E-state index contributed by atoms with van der Waals surface area (Å²) in [4.78, 5) is 60.8. The van der Waals surface area contributed by atoms with Crippen molar-refractivity contribution in [1.29, 1.82) is 0 Å². The van der Waals surface area contributed by atoms with Crippen molar-refractivity contribution in [2.24, 2.45) is 0 Å². The summed E-state index contributed by atoms with van der Waals surface area (Å²) >= 11 is 0. The van der Waals surface area contributed by atoms with Gasteiger partial charge in [-0.15, -0.1) is 0 Å². The highest BCUT2D eigenvalue weighted by atomic mass is 16.8. The van der Waals surface area contributed by atoms with Crippen LogP contribution in [0.4, 0.5) is 5.69 Å². The lowest BCUT2D eigenvalue weighted by atomic mass is 9.97. The maximum Gasteiger partial charge on any atom is 0.373 e. The molecule has 24 heteroatoms. The number of carboxylic acids is 4. The van der Waals surface area contributed by atoms with E-state index in [0.717, 1.165) is 12.1 Å². The number of carbonyl (C=O) groups is 5. The molecule has 64 heavy (non-hydrogen) atoms. The lowest BCUT2D eigenvalue weighted by Crippen LogP contribution is -2.66. The van der Waals surface area contributed by atoms with Crippen molar-refractivity contribution in [1.82, 2.24) is 5.32 Å². The molecule has 0 aliphatic carbocycles. The molecule has 4 aliphatic heterocycles. The van der Waals surface area contributed by atoms with Gasteiger partial charge in [0.25, 0.3) is 6.04 Å². The molecule has 0 radical (unpaired) electrons. The Balaban J connectivity index is 1.30. The van der Waals surface area contributed by atoms with E-state index >= 15 is 0 Å². The van der Waals surface area contributed by atoms with Gasteiger partial charge in [-0.1, -0.05) is 6.07 Å².